The first-order valence-corrected chi connectivity index (χ1v) is 6.25. The highest BCUT2D eigenvalue weighted by Gasteiger charge is 2.20. The van der Waals surface area contributed by atoms with Crippen LogP contribution in [0.5, 0.6) is 0 Å². The number of hydrogen-bond donors (Lipinski definition) is 0. The molecule has 0 saturated carbocycles. The second kappa shape index (κ2) is 5.25. The van der Waals surface area contributed by atoms with Crippen molar-refractivity contribution in [2.24, 2.45) is 0 Å². The topological polar surface area (TPSA) is 74.1 Å². The standard InChI is InChI=1S/C9H10ClN3O2S/c1-13(6-2-5-11)16(14,15)8-3-4-9(10)12-7-8/h3-4,7H,2,6H2,1H3. The lowest BCUT2D eigenvalue weighted by Crippen LogP contribution is -2.27. The summed E-state index contributed by atoms with van der Waals surface area (Å²) in [6.07, 6.45) is 1.34. The van der Waals surface area contributed by atoms with Gasteiger partial charge in [-0.15, -0.1) is 0 Å². The van der Waals surface area contributed by atoms with Crippen LogP contribution in [-0.4, -0.2) is 31.3 Å². The van der Waals surface area contributed by atoms with Gasteiger partial charge < -0.3 is 0 Å². The molecule has 16 heavy (non-hydrogen) atoms. The molecule has 0 fully saturated rings. The summed E-state index contributed by atoms with van der Waals surface area (Å²) in [5.41, 5.74) is 0. The fraction of sp³-hybridized carbons (Fsp3) is 0.333. The molecule has 5 nitrogen and oxygen atoms in total. The Bertz CT molecular complexity index is 492. The summed E-state index contributed by atoms with van der Waals surface area (Å²) in [5.74, 6) is 0. The highest BCUT2D eigenvalue weighted by Crippen LogP contribution is 2.15. The van der Waals surface area contributed by atoms with Gasteiger partial charge in [0.2, 0.25) is 10.0 Å². The highest BCUT2D eigenvalue weighted by atomic mass is 35.5. The van der Waals surface area contributed by atoms with Gasteiger partial charge in [0, 0.05) is 26.2 Å². The maximum Gasteiger partial charge on any atom is 0.244 e. The van der Waals surface area contributed by atoms with E-state index >= 15 is 0 Å². The summed E-state index contributed by atoms with van der Waals surface area (Å²) in [7, 11) is -2.15. The maximum absolute atomic E-state index is 11.9. The van der Waals surface area contributed by atoms with E-state index in [9.17, 15) is 8.42 Å². The quantitative estimate of drug-likeness (QED) is 0.763. The Morgan fingerprint density at radius 1 is 1.56 bits per heavy atom. The van der Waals surface area contributed by atoms with Crippen molar-refractivity contribution in [1.82, 2.24) is 9.29 Å². The predicted octanol–water partition coefficient (Wildman–Crippen LogP) is 1.27. The lowest BCUT2D eigenvalue weighted by Gasteiger charge is -2.15. The predicted molar refractivity (Wildman–Crippen MR) is 59.3 cm³/mol. The smallest absolute Gasteiger partial charge is 0.243 e. The van der Waals surface area contributed by atoms with Gasteiger partial charge in [0.05, 0.1) is 6.07 Å². The molecule has 0 aliphatic rings. The van der Waals surface area contributed by atoms with E-state index in [1.165, 1.54) is 25.4 Å². The van der Waals surface area contributed by atoms with E-state index in [-0.39, 0.29) is 23.0 Å². The molecule has 0 amide bonds. The Morgan fingerprint density at radius 2 is 2.25 bits per heavy atom. The minimum Gasteiger partial charge on any atom is -0.243 e. The number of rotatable bonds is 4. The Balaban J connectivity index is 2.94. The summed E-state index contributed by atoms with van der Waals surface area (Å²) >= 11 is 5.56. The molecule has 0 saturated heterocycles. The van der Waals surface area contributed by atoms with Crippen LogP contribution >= 0.6 is 11.6 Å². The molecule has 7 heteroatoms. The van der Waals surface area contributed by atoms with Crippen molar-refractivity contribution in [3.05, 3.63) is 23.5 Å². The molecule has 1 aromatic heterocycles. The first-order valence-electron chi connectivity index (χ1n) is 4.43. The molecule has 0 spiro atoms. The molecule has 0 atom stereocenters. The summed E-state index contributed by atoms with van der Waals surface area (Å²) in [4.78, 5) is 3.77. The van der Waals surface area contributed by atoms with Crippen molar-refractivity contribution in [2.45, 2.75) is 11.3 Å². The summed E-state index contributed by atoms with van der Waals surface area (Å²) < 4.78 is 24.9. The molecule has 1 heterocycles. The molecule has 86 valence electrons. The Kier molecular flexibility index (Phi) is 4.24. The lowest BCUT2D eigenvalue weighted by molar-refractivity contribution is 0.476. The fourth-order valence-electron chi connectivity index (χ4n) is 1.02. The number of pyridine rings is 1. The largest absolute Gasteiger partial charge is 0.244 e. The third kappa shape index (κ3) is 2.92. The summed E-state index contributed by atoms with van der Waals surface area (Å²) in [6.45, 7) is 0.154. The van der Waals surface area contributed by atoms with E-state index in [1.807, 2.05) is 6.07 Å². The lowest BCUT2D eigenvalue weighted by atomic mass is 10.5. The maximum atomic E-state index is 11.9. The van der Waals surface area contributed by atoms with Crippen LogP contribution in [0.2, 0.25) is 5.15 Å². The zero-order valence-electron chi connectivity index (χ0n) is 8.59. The third-order valence-electron chi connectivity index (χ3n) is 1.95. The minimum atomic E-state index is -3.57. The van der Waals surface area contributed by atoms with E-state index < -0.39 is 10.0 Å². The minimum absolute atomic E-state index is 0.0670. The molecule has 0 unspecified atom stereocenters. The van der Waals surface area contributed by atoms with Crippen LogP contribution in [0, 0.1) is 11.3 Å². The van der Waals surface area contributed by atoms with Crippen LogP contribution in [0.15, 0.2) is 23.2 Å². The number of nitriles is 1. The number of hydrogen-bond acceptors (Lipinski definition) is 4. The van der Waals surface area contributed by atoms with Gasteiger partial charge in [-0.1, -0.05) is 11.6 Å². The van der Waals surface area contributed by atoms with Crippen molar-refractivity contribution in [3.8, 4) is 6.07 Å². The van der Waals surface area contributed by atoms with E-state index in [0.29, 0.717) is 0 Å². The van der Waals surface area contributed by atoms with Crippen LogP contribution in [0.25, 0.3) is 0 Å². The normalized spacial score (nSPS) is 11.4. The number of nitrogens with zero attached hydrogens (tertiary/aromatic N) is 3. The van der Waals surface area contributed by atoms with E-state index in [0.717, 1.165) is 4.31 Å². The van der Waals surface area contributed by atoms with Gasteiger partial charge in [-0.3, -0.25) is 0 Å². The third-order valence-corrected chi connectivity index (χ3v) is 4.01. The van der Waals surface area contributed by atoms with Crippen molar-refractivity contribution < 1.29 is 8.42 Å². The fourth-order valence-corrected chi connectivity index (χ4v) is 2.25. The van der Waals surface area contributed by atoms with Gasteiger partial charge in [0.1, 0.15) is 10.0 Å². The van der Waals surface area contributed by atoms with Crippen molar-refractivity contribution in [3.63, 3.8) is 0 Å². The highest BCUT2D eigenvalue weighted by molar-refractivity contribution is 7.89. The van der Waals surface area contributed by atoms with Crippen LogP contribution in [0.1, 0.15) is 6.42 Å². The van der Waals surface area contributed by atoms with Gasteiger partial charge >= 0.3 is 0 Å². The second-order valence-electron chi connectivity index (χ2n) is 3.05. The molecular formula is C9H10ClN3O2S. The molecule has 0 aromatic carbocycles. The molecule has 0 aliphatic heterocycles. The van der Waals surface area contributed by atoms with Gasteiger partial charge in [-0.05, 0) is 12.1 Å². The molecule has 0 bridgehead atoms. The molecule has 1 rings (SSSR count). The zero-order chi connectivity index (χ0) is 12.2. The number of sulfonamides is 1. The van der Waals surface area contributed by atoms with Gasteiger partial charge in [0.25, 0.3) is 0 Å². The summed E-state index contributed by atoms with van der Waals surface area (Å²) in [6, 6.07) is 4.68. The van der Waals surface area contributed by atoms with Gasteiger partial charge in [0.15, 0.2) is 0 Å². The van der Waals surface area contributed by atoms with E-state index in [2.05, 4.69) is 4.98 Å². The van der Waals surface area contributed by atoms with Crippen molar-refractivity contribution >= 4 is 21.6 Å². The van der Waals surface area contributed by atoms with E-state index in [1.54, 1.807) is 0 Å². The Labute approximate surface area is 99.3 Å². The molecule has 0 N–H and O–H groups in total. The monoisotopic (exact) mass is 259 g/mol. The average molecular weight is 260 g/mol. The SMILES string of the molecule is CN(CCC#N)S(=O)(=O)c1ccc(Cl)nc1. The van der Waals surface area contributed by atoms with Crippen LogP contribution in [0.4, 0.5) is 0 Å². The van der Waals surface area contributed by atoms with Crippen LogP contribution in [-0.2, 0) is 10.0 Å². The molecule has 0 aliphatic carbocycles. The Morgan fingerprint density at radius 3 is 2.75 bits per heavy atom. The number of aromatic nitrogens is 1. The summed E-state index contributed by atoms with van der Waals surface area (Å²) in [5, 5.41) is 8.62. The molecule has 1 aromatic rings. The average Bonchev–Trinajstić information content (AvgIpc) is 2.26. The van der Waals surface area contributed by atoms with Crippen LogP contribution < -0.4 is 0 Å². The number of halogens is 1. The van der Waals surface area contributed by atoms with Crippen molar-refractivity contribution in [2.75, 3.05) is 13.6 Å². The van der Waals surface area contributed by atoms with Gasteiger partial charge in [-0.2, -0.15) is 9.57 Å². The molecule has 0 radical (unpaired) electrons. The van der Waals surface area contributed by atoms with Gasteiger partial charge in [-0.25, -0.2) is 13.4 Å². The second-order valence-corrected chi connectivity index (χ2v) is 5.48. The van der Waals surface area contributed by atoms with Crippen LogP contribution in [0.3, 0.4) is 0 Å². The van der Waals surface area contributed by atoms with Crippen molar-refractivity contribution in [1.29, 1.82) is 5.26 Å². The molecular weight excluding hydrogens is 250 g/mol. The Hall–Kier alpha value is -1.16. The first-order chi connectivity index (χ1) is 7.48. The first kappa shape index (κ1) is 12.9. The zero-order valence-corrected chi connectivity index (χ0v) is 10.2. The van der Waals surface area contributed by atoms with E-state index in [4.69, 9.17) is 16.9 Å².